The second-order valence-corrected chi connectivity index (χ2v) is 4.76. The van der Waals surface area contributed by atoms with Gasteiger partial charge >= 0.3 is 0 Å². The molecule has 0 radical (unpaired) electrons. The lowest BCUT2D eigenvalue weighted by Gasteiger charge is -2.27. The van der Waals surface area contributed by atoms with Crippen molar-refractivity contribution in [3.05, 3.63) is 53.6 Å². The monoisotopic (exact) mass is 243 g/mol. The second kappa shape index (κ2) is 5.36. The average Bonchev–Trinajstić information content (AvgIpc) is 2.78. The summed E-state index contributed by atoms with van der Waals surface area (Å²) in [7, 11) is 0. The third-order valence-corrected chi connectivity index (χ3v) is 3.55. The Morgan fingerprint density at radius 3 is 2.56 bits per heavy atom. The van der Waals surface area contributed by atoms with Crippen molar-refractivity contribution in [1.29, 1.82) is 0 Å². The molecule has 96 valence electrons. The molecule has 1 aromatic heterocycles. The number of aryl methyl sites for hydroxylation is 2. The highest BCUT2D eigenvalue weighted by atomic mass is 15.1. The topological polar surface area (TPSA) is 43.8 Å². The predicted molar refractivity (Wildman–Crippen MR) is 74.5 cm³/mol. The number of hydrogen-bond acceptors (Lipinski definition) is 2. The summed E-state index contributed by atoms with van der Waals surface area (Å²) in [6.45, 7) is 6.28. The molecule has 0 aliphatic heterocycles. The molecule has 2 atom stereocenters. The summed E-state index contributed by atoms with van der Waals surface area (Å²) in [5, 5.41) is 0. The Morgan fingerprint density at radius 1 is 1.28 bits per heavy atom. The fourth-order valence-corrected chi connectivity index (χ4v) is 2.41. The van der Waals surface area contributed by atoms with Gasteiger partial charge in [-0.15, -0.1) is 0 Å². The highest BCUT2D eigenvalue weighted by Gasteiger charge is 2.22. The van der Waals surface area contributed by atoms with Gasteiger partial charge in [0, 0.05) is 18.4 Å². The first-order valence-electron chi connectivity index (χ1n) is 6.45. The first-order chi connectivity index (χ1) is 8.65. The first-order valence-corrected chi connectivity index (χ1v) is 6.45. The van der Waals surface area contributed by atoms with Crippen molar-refractivity contribution in [2.45, 2.75) is 39.3 Å². The van der Waals surface area contributed by atoms with Crippen LogP contribution in [0, 0.1) is 13.8 Å². The van der Waals surface area contributed by atoms with Gasteiger partial charge in [-0.3, -0.25) is 0 Å². The van der Waals surface area contributed by atoms with E-state index in [1.54, 1.807) is 0 Å². The van der Waals surface area contributed by atoms with Gasteiger partial charge in [-0.25, -0.2) is 4.98 Å². The van der Waals surface area contributed by atoms with Gasteiger partial charge in [-0.2, -0.15) is 0 Å². The molecule has 2 unspecified atom stereocenters. The van der Waals surface area contributed by atoms with Crippen molar-refractivity contribution in [1.82, 2.24) is 9.55 Å². The zero-order chi connectivity index (χ0) is 13.1. The van der Waals surface area contributed by atoms with Crippen LogP contribution < -0.4 is 5.73 Å². The van der Waals surface area contributed by atoms with Gasteiger partial charge < -0.3 is 10.3 Å². The average molecular weight is 243 g/mol. The molecule has 0 saturated carbocycles. The highest BCUT2D eigenvalue weighted by molar-refractivity contribution is 5.31. The third-order valence-electron chi connectivity index (χ3n) is 3.55. The van der Waals surface area contributed by atoms with Gasteiger partial charge in [0.1, 0.15) is 5.82 Å². The minimum absolute atomic E-state index is 0.0963. The maximum absolute atomic E-state index is 6.33. The van der Waals surface area contributed by atoms with Gasteiger partial charge in [-0.05, 0) is 31.4 Å². The van der Waals surface area contributed by atoms with Crippen LogP contribution in [0.15, 0.2) is 36.7 Å². The zero-order valence-corrected chi connectivity index (χ0v) is 11.3. The fraction of sp³-hybridized carbons (Fsp3) is 0.400. The molecule has 2 aromatic rings. The number of hydrogen-bond donors (Lipinski definition) is 1. The van der Waals surface area contributed by atoms with E-state index >= 15 is 0 Å². The summed E-state index contributed by atoms with van der Waals surface area (Å²) in [5.41, 5.74) is 8.89. The van der Waals surface area contributed by atoms with Gasteiger partial charge in [0.05, 0.1) is 6.04 Å². The van der Waals surface area contributed by atoms with Gasteiger partial charge in [0.15, 0.2) is 0 Å². The van der Waals surface area contributed by atoms with Crippen molar-refractivity contribution < 1.29 is 0 Å². The van der Waals surface area contributed by atoms with E-state index in [0.29, 0.717) is 0 Å². The maximum Gasteiger partial charge on any atom is 0.106 e. The Morgan fingerprint density at radius 2 is 2.00 bits per heavy atom. The van der Waals surface area contributed by atoms with Crippen molar-refractivity contribution in [2.24, 2.45) is 5.73 Å². The van der Waals surface area contributed by atoms with E-state index in [0.717, 1.165) is 12.2 Å². The van der Waals surface area contributed by atoms with Crippen molar-refractivity contribution in [2.75, 3.05) is 0 Å². The Balaban J connectivity index is 2.51. The number of imidazole rings is 1. The van der Waals surface area contributed by atoms with E-state index in [4.69, 9.17) is 5.73 Å². The summed E-state index contributed by atoms with van der Waals surface area (Å²) in [6, 6.07) is 8.70. The van der Waals surface area contributed by atoms with Crippen LogP contribution in [-0.2, 0) is 0 Å². The van der Waals surface area contributed by atoms with Crippen LogP contribution in [0.25, 0.3) is 0 Å². The lowest BCUT2D eigenvalue weighted by molar-refractivity contribution is 0.449. The predicted octanol–water partition coefficient (Wildman–Crippen LogP) is 2.83. The molecule has 2 rings (SSSR count). The van der Waals surface area contributed by atoms with E-state index in [9.17, 15) is 0 Å². The minimum Gasteiger partial charge on any atom is -0.326 e. The molecule has 1 aromatic carbocycles. The van der Waals surface area contributed by atoms with E-state index in [-0.39, 0.29) is 12.1 Å². The number of nitrogens with zero attached hydrogens (tertiary/aromatic N) is 2. The first kappa shape index (κ1) is 12.8. The number of aromatic nitrogens is 2. The Kier molecular flexibility index (Phi) is 3.82. The number of benzene rings is 1. The highest BCUT2D eigenvalue weighted by Crippen LogP contribution is 2.26. The summed E-state index contributed by atoms with van der Waals surface area (Å²) in [4.78, 5) is 4.32. The van der Waals surface area contributed by atoms with Gasteiger partial charge in [0.25, 0.3) is 0 Å². The Labute approximate surface area is 109 Å². The van der Waals surface area contributed by atoms with E-state index in [2.05, 4.69) is 47.7 Å². The van der Waals surface area contributed by atoms with Crippen LogP contribution in [0.2, 0.25) is 0 Å². The smallest absolute Gasteiger partial charge is 0.106 e. The zero-order valence-electron chi connectivity index (χ0n) is 11.3. The third kappa shape index (κ3) is 2.31. The normalized spacial score (nSPS) is 14.4. The lowest BCUT2D eigenvalue weighted by atomic mass is 9.94. The van der Waals surface area contributed by atoms with Gasteiger partial charge in [0.2, 0.25) is 0 Å². The summed E-state index contributed by atoms with van der Waals surface area (Å²) in [5.74, 6) is 1.01. The second-order valence-electron chi connectivity index (χ2n) is 4.76. The van der Waals surface area contributed by atoms with Crippen LogP contribution in [0.1, 0.15) is 36.3 Å². The summed E-state index contributed by atoms with van der Waals surface area (Å²) in [6.07, 6.45) is 4.79. The van der Waals surface area contributed by atoms with Crippen LogP contribution in [-0.4, -0.2) is 15.6 Å². The molecule has 3 heteroatoms. The molecule has 0 bridgehead atoms. The lowest BCUT2D eigenvalue weighted by Crippen LogP contribution is -2.33. The van der Waals surface area contributed by atoms with Crippen LogP contribution in [0.4, 0.5) is 0 Å². The number of nitrogens with two attached hydrogens (primary N) is 1. The molecule has 0 saturated heterocycles. The maximum atomic E-state index is 6.33. The minimum atomic E-state index is 0.0963. The van der Waals surface area contributed by atoms with E-state index < -0.39 is 0 Å². The molecule has 1 heterocycles. The molecule has 3 nitrogen and oxygen atoms in total. The standard InChI is InChI=1S/C15H21N3/c1-4-14(16)15(18-10-9-17-12(18)3)13-8-6-5-7-11(13)2/h5-10,14-15H,4,16H2,1-3H3. The van der Waals surface area contributed by atoms with Crippen LogP contribution >= 0.6 is 0 Å². The fourth-order valence-electron chi connectivity index (χ4n) is 2.41. The molecule has 18 heavy (non-hydrogen) atoms. The SMILES string of the molecule is CCC(N)C(c1ccccc1C)n1ccnc1C. The Hall–Kier alpha value is -1.61. The number of rotatable bonds is 4. The van der Waals surface area contributed by atoms with Crippen LogP contribution in [0.3, 0.4) is 0 Å². The van der Waals surface area contributed by atoms with Crippen molar-refractivity contribution in [3.8, 4) is 0 Å². The molecule has 0 aliphatic carbocycles. The summed E-state index contributed by atoms with van der Waals surface area (Å²) < 4.78 is 2.18. The van der Waals surface area contributed by atoms with Gasteiger partial charge in [-0.1, -0.05) is 31.2 Å². The summed E-state index contributed by atoms with van der Waals surface area (Å²) >= 11 is 0. The molecular formula is C15H21N3. The quantitative estimate of drug-likeness (QED) is 0.897. The van der Waals surface area contributed by atoms with Crippen molar-refractivity contribution in [3.63, 3.8) is 0 Å². The van der Waals surface area contributed by atoms with Crippen LogP contribution in [0.5, 0.6) is 0 Å². The Bertz CT molecular complexity index is 516. The molecule has 0 fully saturated rings. The molecule has 0 spiro atoms. The molecule has 2 N–H and O–H groups in total. The largest absolute Gasteiger partial charge is 0.326 e. The van der Waals surface area contributed by atoms with E-state index in [1.807, 2.05) is 19.3 Å². The molecular weight excluding hydrogens is 222 g/mol. The van der Waals surface area contributed by atoms with Crippen molar-refractivity contribution >= 4 is 0 Å². The molecule has 0 aliphatic rings. The molecule has 0 amide bonds. The van der Waals surface area contributed by atoms with E-state index in [1.165, 1.54) is 11.1 Å².